The van der Waals surface area contributed by atoms with E-state index in [1.807, 2.05) is 0 Å². The van der Waals surface area contributed by atoms with Crippen LogP contribution in [0, 0.1) is 5.92 Å². The molecule has 2 unspecified atom stereocenters. The Bertz CT molecular complexity index is 758. The largest absolute Gasteiger partial charge is 0.496 e. The standard InChI is InChI=1S/C24H31NO2/c1-3-25-16-19-11-12-20-22(26-2)13-14-23(24(20)21(19)17-25)27-15-7-10-18-8-5-4-6-9-18/h4-6,8-9,13-14,19,21H,3,7,10-12,15-17H2,1-2H3. The molecule has 0 spiro atoms. The number of rotatable bonds is 7. The average Bonchev–Trinajstić information content (AvgIpc) is 3.15. The smallest absolute Gasteiger partial charge is 0.123 e. The fourth-order valence-corrected chi connectivity index (χ4v) is 4.88. The second-order valence-electron chi connectivity index (χ2n) is 7.85. The predicted molar refractivity (Wildman–Crippen MR) is 110 cm³/mol. The maximum Gasteiger partial charge on any atom is 0.123 e. The molecule has 2 aromatic carbocycles. The maximum absolute atomic E-state index is 6.33. The summed E-state index contributed by atoms with van der Waals surface area (Å²) in [5.41, 5.74) is 4.20. The van der Waals surface area contributed by atoms with Gasteiger partial charge in [0.05, 0.1) is 13.7 Å². The molecule has 2 atom stereocenters. The molecular formula is C24H31NO2. The first kappa shape index (κ1) is 18.4. The topological polar surface area (TPSA) is 21.7 Å². The Hall–Kier alpha value is -2.00. The fourth-order valence-electron chi connectivity index (χ4n) is 4.88. The molecule has 0 radical (unpaired) electrons. The van der Waals surface area contributed by atoms with E-state index in [4.69, 9.17) is 9.47 Å². The van der Waals surface area contributed by atoms with Crippen molar-refractivity contribution in [1.82, 2.24) is 4.90 Å². The summed E-state index contributed by atoms with van der Waals surface area (Å²) < 4.78 is 12.0. The van der Waals surface area contributed by atoms with Gasteiger partial charge in [-0.25, -0.2) is 0 Å². The third-order valence-electron chi connectivity index (χ3n) is 6.30. The monoisotopic (exact) mass is 365 g/mol. The zero-order valence-corrected chi connectivity index (χ0v) is 16.6. The lowest BCUT2D eigenvalue weighted by Crippen LogP contribution is -2.21. The van der Waals surface area contributed by atoms with Crippen LogP contribution < -0.4 is 9.47 Å². The number of ether oxygens (including phenoxy) is 2. The molecule has 0 amide bonds. The van der Waals surface area contributed by atoms with Gasteiger partial charge in [-0.05, 0) is 55.8 Å². The molecule has 2 aromatic rings. The van der Waals surface area contributed by atoms with E-state index in [9.17, 15) is 0 Å². The summed E-state index contributed by atoms with van der Waals surface area (Å²) in [5, 5.41) is 0. The average molecular weight is 366 g/mol. The lowest BCUT2D eigenvalue weighted by Gasteiger charge is -2.30. The Morgan fingerprint density at radius 3 is 2.63 bits per heavy atom. The summed E-state index contributed by atoms with van der Waals surface area (Å²) in [4.78, 5) is 2.59. The molecule has 4 rings (SSSR count). The van der Waals surface area contributed by atoms with Crippen LogP contribution in [0.25, 0.3) is 0 Å². The number of hydrogen-bond acceptors (Lipinski definition) is 3. The normalized spacial score (nSPS) is 21.6. The highest BCUT2D eigenvalue weighted by Gasteiger charge is 2.39. The first-order chi connectivity index (χ1) is 13.3. The third-order valence-corrected chi connectivity index (χ3v) is 6.30. The Labute approximate surface area is 163 Å². The van der Waals surface area contributed by atoms with E-state index in [1.54, 1.807) is 7.11 Å². The van der Waals surface area contributed by atoms with Gasteiger partial charge in [0.2, 0.25) is 0 Å². The van der Waals surface area contributed by atoms with Gasteiger partial charge in [-0.15, -0.1) is 0 Å². The number of methoxy groups -OCH3 is 1. The second-order valence-corrected chi connectivity index (χ2v) is 7.85. The van der Waals surface area contributed by atoms with Gasteiger partial charge in [-0.3, -0.25) is 0 Å². The van der Waals surface area contributed by atoms with Crippen molar-refractivity contribution in [1.29, 1.82) is 0 Å². The van der Waals surface area contributed by atoms with Gasteiger partial charge >= 0.3 is 0 Å². The Balaban J connectivity index is 1.50. The van der Waals surface area contributed by atoms with Crippen molar-refractivity contribution in [2.45, 2.75) is 38.5 Å². The van der Waals surface area contributed by atoms with Crippen molar-refractivity contribution in [2.75, 3.05) is 33.4 Å². The first-order valence-electron chi connectivity index (χ1n) is 10.4. The van der Waals surface area contributed by atoms with Gasteiger partial charge in [0.1, 0.15) is 11.5 Å². The summed E-state index contributed by atoms with van der Waals surface area (Å²) in [6.07, 6.45) is 4.48. The molecule has 27 heavy (non-hydrogen) atoms. The van der Waals surface area contributed by atoms with Crippen LogP contribution in [-0.4, -0.2) is 38.3 Å². The van der Waals surface area contributed by atoms with Crippen LogP contribution in [0.4, 0.5) is 0 Å². The molecule has 144 valence electrons. The minimum absolute atomic E-state index is 0.591. The van der Waals surface area contributed by atoms with Gasteiger partial charge in [-0.1, -0.05) is 37.3 Å². The highest BCUT2D eigenvalue weighted by molar-refractivity contribution is 5.53. The summed E-state index contributed by atoms with van der Waals surface area (Å²) in [7, 11) is 1.79. The summed E-state index contributed by atoms with van der Waals surface area (Å²) in [5.74, 6) is 3.48. The van der Waals surface area contributed by atoms with Crippen LogP contribution in [0.15, 0.2) is 42.5 Å². The summed E-state index contributed by atoms with van der Waals surface area (Å²) in [6.45, 7) is 6.56. The van der Waals surface area contributed by atoms with Gasteiger partial charge in [0, 0.05) is 30.1 Å². The minimum Gasteiger partial charge on any atom is -0.496 e. The van der Waals surface area contributed by atoms with Crippen LogP contribution in [0.1, 0.15) is 42.4 Å². The van der Waals surface area contributed by atoms with E-state index < -0.39 is 0 Å². The van der Waals surface area contributed by atoms with Crippen LogP contribution in [0.2, 0.25) is 0 Å². The number of fused-ring (bicyclic) bond motifs is 3. The zero-order valence-electron chi connectivity index (χ0n) is 16.6. The fraction of sp³-hybridized carbons (Fsp3) is 0.500. The molecule has 0 saturated carbocycles. The highest BCUT2D eigenvalue weighted by atomic mass is 16.5. The molecule has 1 aliphatic carbocycles. The van der Waals surface area contributed by atoms with Crippen molar-refractivity contribution < 1.29 is 9.47 Å². The zero-order chi connectivity index (χ0) is 18.6. The van der Waals surface area contributed by atoms with Crippen LogP contribution in [-0.2, 0) is 12.8 Å². The highest BCUT2D eigenvalue weighted by Crippen LogP contribution is 2.48. The minimum atomic E-state index is 0.591. The molecule has 2 aliphatic rings. The molecule has 3 nitrogen and oxygen atoms in total. The molecule has 1 saturated heterocycles. The Kier molecular flexibility index (Phi) is 5.68. The SMILES string of the molecule is CCN1CC2CCc3c(OC)ccc(OCCCc4ccccc4)c3C2C1. The van der Waals surface area contributed by atoms with E-state index in [-0.39, 0.29) is 0 Å². The quantitative estimate of drug-likeness (QED) is 0.665. The van der Waals surface area contributed by atoms with Crippen LogP contribution >= 0.6 is 0 Å². The lowest BCUT2D eigenvalue weighted by atomic mass is 9.76. The Morgan fingerprint density at radius 1 is 1.04 bits per heavy atom. The van der Waals surface area contributed by atoms with Crippen molar-refractivity contribution in [3.05, 3.63) is 59.2 Å². The first-order valence-corrected chi connectivity index (χ1v) is 10.4. The molecule has 1 aliphatic heterocycles. The van der Waals surface area contributed by atoms with E-state index in [0.29, 0.717) is 5.92 Å². The molecule has 1 heterocycles. The van der Waals surface area contributed by atoms with Crippen molar-refractivity contribution >= 4 is 0 Å². The van der Waals surface area contributed by atoms with Crippen molar-refractivity contribution in [2.24, 2.45) is 5.92 Å². The van der Waals surface area contributed by atoms with E-state index in [0.717, 1.165) is 56.4 Å². The number of nitrogens with zero attached hydrogens (tertiary/aromatic N) is 1. The molecule has 0 aromatic heterocycles. The number of hydrogen-bond donors (Lipinski definition) is 0. The van der Waals surface area contributed by atoms with Gasteiger partial charge in [0.15, 0.2) is 0 Å². The van der Waals surface area contributed by atoms with Crippen LogP contribution in [0.3, 0.4) is 0 Å². The van der Waals surface area contributed by atoms with Crippen molar-refractivity contribution in [3.8, 4) is 11.5 Å². The number of benzene rings is 2. The van der Waals surface area contributed by atoms with E-state index in [1.165, 1.54) is 29.7 Å². The summed E-state index contributed by atoms with van der Waals surface area (Å²) in [6, 6.07) is 14.9. The molecule has 0 N–H and O–H groups in total. The maximum atomic E-state index is 6.33. The number of likely N-dealkylation sites (N-methyl/N-ethyl adjacent to an activating group) is 1. The molecular weight excluding hydrogens is 334 g/mol. The van der Waals surface area contributed by atoms with Crippen LogP contribution in [0.5, 0.6) is 11.5 Å². The second kappa shape index (κ2) is 8.35. The lowest BCUT2D eigenvalue weighted by molar-refractivity contribution is 0.298. The van der Waals surface area contributed by atoms with E-state index in [2.05, 4.69) is 54.3 Å². The molecule has 0 bridgehead atoms. The number of likely N-dealkylation sites (tertiary alicyclic amines) is 1. The Morgan fingerprint density at radius 2 is 1.85 bits per heavy atom. The van der Waals surface area contributed by atoms with Crippen molar-refractivity contribution in [3.63, 3.8) is 0 Å². The van der Waals surface area contributed by atoms with E-state index >= 15 is 0 Å². The number of aryl methyl sites for hydroxylation is 1. The predicted octanol–water partition coefficient (Wildman–Crippen LogP) is 4.69. The van der Waals surface area contributed by atoms with Gasteiger partial charge < -0.3 is 14.4 Å². The van der Waals surface area contributed by atoms with Gasteiger partial charge in [-0.2, -0.15) is 0 Å². The molecule has 1 fully saturated rings. The molecule has 3 heteroatoms. The third kappa shape index (κ3) is 3.84. The summed E-state index contributed by atoms with van der Waals surface area (Å²) >= 11 is 0. The van der Waals surface area contributed by atoms with Gasteiger partial charge in [0.25, 0.3) is 0 Å².